The van der Waals surface area contributed by atoms with Crippen LogP contribution in [0.15, 0.2) is 30.3 Å². The number of aryl methyl sites for hydroxylation is 1. The molecule has 1 amide bonds. The van der Waals surface area contributed by atoms with E-state index >= 15 is 0 Å². The van der Waals surface area contributed by atoms with Gasteiger partial charge >= 0.3 is 12.3 Å². The maximum Gasteiger partial charge on any atom is 0.573 e. The van der Waals surface area contributed by atoms with Gasteiger partial charge in [0.05, 0.1) is 29.7 Å². The third-order valence-corrected chi connectivity index (χ3v) is 4.23. The van der Waals surface area contributed by atoms with Crippen LogP contribution >= 0.6 is 11.6 Å². The Hall–Kier alpha value is -2.94. The fourth-order valence-corrected chi connectivity index (χ4v) is 2.91. The number of halogens is 4. The highest BCUT2D eigenvalue weighted by atomic mass is 35.5. The number of rotatable bonds is 4. The van der Waals surface area contributed by atoms with Crippen molar-refractivity contribution in [2.24, 2.45) is 0 Å². The maximum atomic E-state index is 12.8. The van der Waals surface area contributed by atoms with Crippen LogP contribution in [0.25, 0.3) is 0 Å². The highest BCUT2D eigenvalue weighted by Gasteiger charge is 2.33. The van der Waals surface area contributed by atoms with Crippen LogP contribution in [-0.2, 0) is 16.0 Å². The summed E-state index contributed by atoms with van der Waals surface area (Å²) >= 11 is 5.97. The summed E-state index contributed by atoms with van der Waals surface area (Å²) in [6, 6.07) is 7.00. The minimum absolute atomic E-state index is 0.0522. The smallest absolute Gasteiger partial charge is 0.469 e. The van der Waals surface area contributed by atoms with Crippen LogP contribution < -0.4 is 15.4 Å². The topological polar surface area (TPSA) is 76.7 Å². The Balaban J connectivity index is 2.04. The number of fused-ring (bicyclic) bond motifs is 2. The molecule has 0 radical (unpaired) electrons. The molecule has 2 aromatic rings. The molecule has 6 nitrogen and oxygen atoms in total. The van der Waals surface area contributed by atoms with E-state index in [0.717, 1.165) is 6.07 Å². The summed E-state index contributed by atoms with van der Waals surface area (Å²) in [6.07, 6.45) is -5.13. The molecule has 0 bridgehead atoms. The van der Waals surface area contributed by atoms with E-state index in [0.29, 0.717) is 16.4 Å². The molecule has 1 aliphatic rings. The van der Waals surface area contributed by atoms with Gasteiger partial charge in [-0.1, -0.05) is 11.6 Å². The summed E-state index contributed by atoms with van der Waals surface area (Å²) in [5, 5.41) is 5.91. The van der Waals surface area contributed by atoms with Crippen LogP contribution in [0.1, 0.15) is 22.3 Å². The molecule has 0 saturated heterocycles. The Bertz CT molecular complexity index is 947. The van der Waals surface area contributed by atoms with Gasteiger partial charge in [-0.3, -0.25) is 9.59 Å². The van der Waals surface area contributed by atoms with Gasteiger partial charge in [-0.25, -0.2) is 0 Å². The van der Waals surface area contributed by atoms with Crippen molar-refractivity contribution in [1.82, 2.24) is 0 Å². The Labute approximate surface area is 162 Å². The van der Waals surface area contributed by atoms with Crippen LogP contribution in [0.5, 0.6) is 5.75 Å². The third kappa shape index (κ3) is 4.48. The zero-order valence-corrected chi connectivity index (χ0v) is 15.2. The van der Waals surface area contributed by atoms with E-state index in [-0.39, 0.29) is 29.7 Å². The zero-order valence-electron chi connectivity index (χ0n) is 14.4. The summed E-state index contributed by atoms with van der Waals surface area (Å²) in [4.78, 5) is 23.8. The molecule has 10 heteroatoms. The second-order valence-corrected chi connectivity index (χ2v) is 6.33. The van der Waals surface area contributed by atoms with E-state index in [4.69, 9.17) is 11.6 Å². The molecule has 0 aromatic heterocycles. The molecule has 0 unspecified atom stereocenters. The van der Waals surface area contributed by atoms with Crippen LogP contribution in [-0.4, -0.2) is 25.3 Å². The first kappa shape index (κ1) is 19.8. The SMILES string of the molecule is COC(=O)CCc1cc2c(cc1OC(F)(F)F)NC(=O)c1ccc(Cl)cc1N2. The second-order valence-electron chi connectivity index (χ2n) is 5.90. The molecule has 3 rings (SSSR count). The Morgan fingerprint density at radius 3 is 2.50 bits per heavy atom. The van der Waals surface area contributed by atoms with Crippen molar-refractivity contribution in [2.75, 3.05) is 17.7 Å². The fourth-order valence-electron chi connectivity index (χ4n) is 2.74. The summed E-state index contributed by atoms with van der Waals surface area (Å²) in [7, 11) is 1.18. The molecule has 2 aromatic carbocycles. The first-order valence-electron chi connectivity index (χ1n) is 8.03. The van der Waals surface area contributed by atoms with Gasteiger partial charge in [0.2, 0.25) is 0 Å². The largest absolute Gasteiger partial charge is 0.573 e. The minimum atomic E-state index is -4.94. The van der Waals surface area contributed by atoms with E-state index in [1.165, 1.54) is 31.4 Å². The first-order chi connectivity index (χ1) is 13.2. The average Bonchev–Trinajstić information content (AvgIpc) is 2.73. The summed E-state index contributed by atoms with van der Waals surface area (Å²) < 4.78 is 47.0. The normalized spacial score (nSPS) is 12.8. The monoisotopic (exact) mass is 414 g/mol. The van der Waals surface area contributed by atoms with E-state index < -0.39 is 24.0 Å². The van der Waals surface area contributed by atoms with Gasteiger partial charge in [0.15, 0.2) is 0 Å². The Morgan fingerprint density at radius 2 is 1.82 bits per heavy atom. The molecule has 2 N–H and O–H groups in total. The number of alkyl halides is 3. The molecule has 1 aliphatic heterocycles. The highest BCUT2D eigenvalue weighted by Crippen LogP contribution is 2.39. The second kappa shape index (κ2) is 7.59. The number of hydrogen-bond acceptors (Lipinski definition) is 5. The predicted octanol–water partition coefficient (Wildman–Crippen LogP) is 4.65. The molecule has 148 valence electrons. The number of methoxy groups -OCH3 is 1. The van der Waals surface area contributed by atoms with Gasteiger partial charge in [0.1, 0.15) is 5.75 Å². The van der Waals surface area contributed by atoms with Gasteiger partial charge in [0, 0.05) is 17.5 Å². The lowest BCUT2D eigenvalue weighted by Gasteiger charge is -2.17. The van der Waals surface area contributed by atoms with Crippen molar-refractivity contribution in [3.8, 4) is 5.75 Å². The van der Waals surface area contributed by atoms with Gasteiger partial charge in [-0.15, -0.1) is 13.2 Å². The lowest BCUT2D eigenvalue weighted by atomic mass is 10.1. The maximum absolute atomic E-state index is 12.8. The van der Waals surface area contributed by atoms with Crippen molar-refractivity contribution < 1.29 is 32.2 Å². The van der Waals surface area contributed by atoms with Crippen molar-refractivity contribution in [3.63, 3.8) is 0 Å². The average molecular weight is 415 g/mol. The lowest BCUT2D eigenvalue weighted by Crippen LogP contribution is -2.19. The van der Waals surface area contributed by atoms with E-state index in [2.05, 4.69) is 20.1 Å². The molecule has 0 saturated carbocycles. The van der Waals surface area contributed by atoms with E-state index in [9.17, 15) is 22.8 Å². The molecular formula is C18H14ClF3N2O4. The van der Waals surface area contributed by atoms with Gasteiger partial charge in [-0.2, -0.15) is 0 Å². The number of nitrogens with one attached hydrogen (secondary N) is 2. The highest BCUT2D eigenvalue weighted by molar-refractivity contribution is 6.31. The number of carbonyl (C=O) groups excluding carboxylic acids is 2. The summed E-state index contributed by atoms with van der Waals surface area (Å²) in [5.74, 6) is -1.61. The standard InChI is InChI=1S/C18H14ClF3N2O4/c1-27-16(25)5-2-9-6-13-14(8-15(9)28-18(20,21)22)24-17(26)11-4-3-10(19)7-12(11)23-13/h3-4,6-8,23H,2,5H2,1H3,(H,24,26). The van der Waals surface area contributed by atoms with Gasteiger partial charge in [0.25, 0.3) is 5.91 Å². The third-order valence-electron chi connectivity index (χ3n) is 4.00. The molecule has 28 heavy (non-hydrogen) atoms. The number of benzene rings is 2. The van der Waals surface area contributed by atoms with Crippen LogP contribution in [0, 0.1) is 0 Å². The fraction of sp³-hybridized carbons (Fsp3) is 0.222. The molecule has 0 spiro atoms. The van der Waals surface area contributed by atoms with Crippen molar-refractivity contribution in [1.29, 1.82) is 0 Å². The number of esters is 1. The van der Waals surface area contributed by atoms with Crippen LogP contribution in [0.4, 0.5) is 30.2 Å². The molecule has 0 fully saturated rings. The summed E-state index contributed by atoms with van der Waals surface area (Å²) in [5.41, 5.74) is 1.22. The van der Waals surface area contributed by atoms with E-state index in [1.807, 2.05) is 0 Å². The predicted molar refractivity (Wildman–Crippen MR) is 96.1 cm³/mol. The van der Waals surface area contributed by atoms with Gasteiger partial charge in [-0.05, 0) is 36.2 Å². The molecule has 0 aliphatic carbocycles. The minimum Gasteiger partial charge on any atom is -0.469 e. The molecule has 1 heterocycles. The first-order valence-corrected chi connectivity index (χ1v) is 8.41. The summed E-state index contributed by atoms with van der Waals surface area (Å²) in [6.45, 7) is 0. The van der Waals surface area contributed by atoms with Gasteiger partial charge < -0.3 is 20.1 Å². The number of ether oxygens (including phenoxy) is 2. The molecular weight excluding hydrogens is 401 g/mol. The Morgan fingerprint density at radius 1 is 1.11 bits per heavy atom. The quantitative estimate of drug-likeness (QED) is 0.712. The Kier molecular flexibility index (Phi) is 5.37. The number of anilines is 3. The van der Waals surface area contributed by atoms with Crippen molar-refractivity contribution in [3.05, 3.63) is 46.5 Å². The molecule has 0 atom stereocenters. The van der Waals surface area contributed by atoms with E-state index in [1.54, 1.807) is 0 Å². The van der Waals surface area contributed by atoms with Crippen molar-refractivity contribution >= 4 is 40.5 Å². The number of carbonyl (C=O) groups is 2. The zero-order chi connectivity index (χ0) is 20.5. The lowest BCUT2D eigenvalue weighted by molar-refractivity contribution is -0.274. The van der Waals surface area contributed by atoms with Crippen molar-refractivity contribution in [2.45, 2.75) is 19.2 Å². The van der Waals surface area contributed by atoms with Crippen LogP contribution in [0.3, 0.4) is 0 Å². The number of hydrogen-bond donors (Lipinski definition) is 2. The van der Waals surface area contributed by atoms with Crippen LogP contribution in [0.2, 0.25) is 5.02 Å². The number of amides is 1.